The molecule has 0 heterocycles. The van der Waals surface area contributed by atoms with E-state index in [0.717, 1.165) is 18.4 Å². The summed E-state index contributed by atoms with van der Waals surface area (Å²) >= 11 is 0. The highest BCUT2D eigenvalue weighted by atomic mass is 32.2. The first-order valence-electron chi connectivity index (χ1n) is 6.04. The van der Waals surface area contributed by atoms with Crippen LogP contribution in [0.2, 0.25) is 0 Å². The lowest BCUT2D eigenvalue weighted by Gasteiger charge is -2.21. The first kappa shape index (κ1) is 13.5. The minimum Gasteiger partial charge on any atom is -0.395 e. The number of aliphatic hydroxyl groups is 1. The largest absolute Gasteiger partial charge is 0.395 e. The predicted molar refractivity (Wildman–Crippen MR) is 69.0 cm³/mol. The highest BCUT2D eigenvalue weighted by Crippen LogP contribution is 2.21. The Morgan fingerprint density at radius 3 is 2.50 bits per heavy atom. The van der Waals surface area contributed by atoms with Crippen LogP contribution >= 0.6 is 0 Å². The van der Waals surface area contributed by atoms with Gasteiger partial charge in [-0.1, -0.05) is 30.3 Å². The van der Waals surface area contributed by atoms with Gasteiger partial charge in [0.05, 0.1) is 6.61 Å². The number of nitrogens with one attached hydrogen (secondary N) is 1. The second kappa shape index (κ2) is 5.79. The van der Waals surface area contributed by atoms with E-state index in [4.69, 9.17) is 5.11 Å². The van der Waals surface area contributed by atoms with E-state index in [9.17, 15) is 8.42 Å². The summed E-state index contributed by atoms with van der Waals surface area (Å²) in [6.45, 7) is 0.207. The molecule has 2 N–H and O–H groups in total. The van der Waals surface area contributed by atoms with Crippen LogP contribution in [0.15, 0.2) is 30.3 Å². The van der Waals surface area contributed by atoms with E-state index in [0.29, 0.717) is 0 Å². The molecule has 0 radical (unpaired) electrons. The summed E-state index contributed by atoms with van der Waals surface area (Å²) in [4.78, 5) is 0. The number of rotatable bonds is 7. The van der Waals surface area contributed by atoms with Gasteiger partial charge in [-0.25, -0.2) is 0 Å². The van der Waals surface area contributed by atoms with Crippen molar-refractivity contribution in [3.8, 4) is 0 Å². The Hall–Kier alpha value is -0.950. The number of aliphatic hydroxyl groups excluding tert-OH is 1. The lowest BCUT2D eigenvalue weighted by Crippen LogP contribution is -2.42. The molecule has 0 spiro atoms. The molecule has 0 aliphatic heterocycles. The maximum Gasteiger partial charge on any atom is 0.280 e. The zero-order chi connectivity index (χ0) is 13.0. The van der Waals surface area contributed by atoms with Gasteiger partial charge in [0.15, 0.2) is 0 Å². The van der Waals surface area contributed by atoms with Crippen LogP contribution in [0.5, 0.6) is 0 Å². The summed E-state index contributed by atoms with van der Waals surface area (Å²) in [5.41, 5.74) is 0.909. The molecular formula is C12H18N2O3S. The molecule has 1 aliphatic carbocycles. The average molecular weight is 270 g/mol. The van der Waals surface area contributed by atoms with E-state index in [1.165, 1.54) is 4.31 Å². The van der Waals surface area contributed by atoms with Crippen LogP contribution in [0, 0.1) is 0 Å². The SMILES string of the molecule is O=S(=O)(NC1CC1)N(CCO)Cc1ccccc1. The van der Waals surface area contributed by atoms with Gasteiger partial charge in [0.1, 0.15) is 0 Å². The third-order valence-electron chi connectivity index (χ3n) is 2.78. The van der Waals surface area contributed by atoms with Crippen LogP contribution in [0.1, 0.15) is 18.4 Å². The maximum absolute atomic E-state index is 12.1. The second-order valence-electron chi connectivity index (χ2n) is 4.44. The van der Waals surface area contributed by atoms with E-state index < -0.39 is 10.2 Å². The van der Waals surface area contributed by atoms with E-state index in [1.54, 1.807) is 0 Å². The number of hydrogen-bond donors (Lipinski definition) is 2. The van der Waals surface area contributed by atoms with Crippen molar-refractivity contribution in [3.05, 3.63) is 35.9 Å². The third kappa shape index (κ3) is 3.78. The summed E-state index contributed by atoms with van der Waals surface area (Å²) in [5.74, 6) is 0. The lowest BCUT2D eigenvalue weighted by molar-refractivity contribution is 0.249. The molecule has 6 heteroatoms. The minimum absolute atomic E-state index is 0.0759. The van der Waals surface area contributed by atoms with Gasteiger partial charge in [0, 0.05) is 19.1 Å². The van der Waals surface area contributed by atoms with Gasteiger partial charge in [-0.15, -0.1) is 0 Å². The molecule has 0 aromatic heterocycles. The lowest BCUT2D eigenvalue weighted by atomic mass is 10.2. The Labute approximate surface area is 108 Å². The minimum atomic E-state index is -3.50. The highest BCUT2D eigenvalue weighted by Gasteiger charge is 2.30. The van der Waals surface area contributed by atoms with Crippen LogP contribution in [-0.4, -0.2) is 37.0 Å². The van der Waals surface area contributed by atoms with E-state index in [-0.39, 0.29) is 25.7 Å². The van der Waals surface area contributed by atoms with Crippen LogP contribution < -0.4 is 4.72 Å². The Morgan fingerprint density at radius 2 is 1.94 bits per heavy atom. The standard InChI is InChI=1S/C12H18N2O3S/c15-9-8-14(10-11-4-2-1-3-5-11)18(16,17)13-12-6-7-12/h1-5,12-13,15H,6-10H2. The first-order valence-corrected chi connectivity index (χ1v) is 7.48. The average Bonchev–Trinajstić information content (AvgIpc) is 3.13. The normalized spacial score (nSPS) is 16.1. The smallest absolute Gasteiger partial charge is 0.280 e. The number of hydrogen-bond acceptors (Lipinski definition) is 3. The fourth-order valence-electron chi connectivity index (χ4n) is 1.67. The van der Waals surface area contributed by atoms with Gasteiger partial charge in [-0.2, -0.15) is 17.4 Å². The Balaban J connectivity index is 2.07. The maximum atomic E-state index is 12.1. The molecule has 1 saturated carbocycles. The summed E-state index contributed by atoms with van der Waals surface area (Å²) in [6.07, 6.45) is 1.80. The van der Waals surface area contributed by atoms with Crippen molar-refractivity contribution >= 4 is 10.2 Å². The topological polar surface area (TPSA) is 69.6 Å². The van der Waals surface area contributed by atoms with Gasteiger partial charge < -0.3 is 5.11 Å². The van der Waals surface area contributed by atoms with Gasteiger partial charge in [-0.3, -0.25) is 0 Å². The predicted octanol–water partition coefficient (Wildman–Crippen LogP) is 0.478. The molecular weight excluding hydrogens is 252 g/mol. The monoisotopic (exact) mass is 270 g/mol. The van der Waals surface area contributed by atoms with Crippen molar-refractivity contribution in [3.63, 3.8) is 0 Å². The molecule has 2 rings (SSSR count). The Kier molecular flexibility index (Phi) is 4.34. The summed E-state index contributed by atoms with van der Waals surface area (Å²) < 4.78 is 28.1. The van der Waals surface area contributed by atoms with Crippen LogP contribution in [0.25, 0.3) is 0 Å². The summed E-state index contributed by atoms with van der Waals surface area (Å²) in [6, 6.07) is 9.44. The Bertz CT molecular complexity index is 471. The molecule has 0 amide bonds. The summed E-state index contributed by atoms with van der Waals surface area (Å²) in [7, 11) is -3.50. The van der Waals surface area contributed by atoms with Crippen molar-refractivity contribution < 1.29 is 13.5 Å². The van der Waals surface area contributed by atoms with Crippen molar-refractivity contribution in [2.75, 3.05) is 13.2 Å². The number of benzene rings is 1. The molecule has 0 unspecified atom stereocenters. The molecule has 0 atom stereocenters. The zero-order valence-corrected chi connectivity index (χ0v) is 10.9. The molecule has 1 fully saturated rings. The van der Waals surface area contributed by atoms with Crippen molar-refractivity contribution in [1.82, 2.24) is 9.03 Å². The second-order valence-corrected chi connectivity index (χ2v) is 6.14. The molecule has 0 saturated heterocycles. The highest BCUT2D eigenvalue weighted by molar-refractivity contribution is 7.87. The fraction of sp³-hybridized carbons (Fsp3) is 0.500. The zero-order valence-electron chi connectivity index (χ0n) is 10.1. The van der Waals surface area contributed by atoms with Crippen LogP contribution in [0.3, 0.4) is 0 Å². The molecule has 100 valence electrons. The van der Waals surface area contributed by atoms with Gasteiger partial charge in [-0.05, 0) is 18.4 Å². The van der Waals surface area contributed by atoms with Gasteiger partial charge >= 0.3 is 0 Å². The third-order valence-corrected chi connectivity index (χ3v) is 4.41. The molecule has 0 bridgehead atoms. The number of nitrogens with zero attached hydrogens (tertiary/aromatic N) is 1. The van der Waals surface area contributed by atoms with Gasteiger partial charge in [0.25, 0.3) is 10.2 Å². The molecule has 1 aromatic rings. The molecule has 1 aliphatic rings. The van der Waals surface area contributed by atoms with E-state index in [1.807, 2.05) is 30.3 Å². The molecule has 1 aromatic carbocycles. The Morgan fingerprint density at radius 1 is 1.28 bits per heavy atom. The van der Waals surface area contributed by atoms with Crippen LogP contribution in [0.4, 0.5) is 0 Å². The fourth-order valence-corrected chi connectivity index (χ4v) is 3.12. The van der Waals surface area contributed by atoms with E-state index >= 15 is 0 Å². The first-order chi connectivity index (χ1) is 8.62. The van der Waals surface area contributed by atoms with Crippen molar-refractivity contribution in [1.29, 1.82) is 0 Å². The van der Waals surface area contributed by atoms with Gasteiger partial charge in [0.2, 0.25) is 0 Å². The quantitative estimate of drug-likeness (QED) is 0.757. The van der Waals surface area contributed by atoms with Crippen molar-refractivity contribution in [2.45, 2.75) is 25.4 Å². The molecule has 5 nitrogen and oxygen atoms in total. The molecule has 18 heavy (non-hydrogen) atoms. The summed E-state index contributed by atoms with van der Waals surface area (Å²) in [5, 5.41) is 8.99. The van der Waals surface area contributed by atoms with Crippen LogP contribution in [-0.2, 0) is 16.8 Å². The van der Waals surface area contributed by atoms with E-state index in [2.05, 4.69) is 4.72 Å². The van der Waals surface area contributed by atoms with Crippen molar-refractivity contribution in [2.24, 2.45) is 0 Å².